The third-order valence-electron chi connectivity index (χ3n) is 6.35. The molecule has 0 aromatic heterocycles. The van der Waals surface area contributed by atoms with E-state index >= 15 is 0 Å². The summed E-state index contributed by atoms with van der Waals surface area (Å²) in [6.45, 7) is 2.18. The van der Waals surface area contributed by atoms with Crippen LogP contribution in [0, 0.1) is 23.7 Å². The lowest BCUT2D eigenvalue weighted by Crippen LogP contribution is -2.59. The summed E-state index contributed by atoms with van der Waals surface area (Å²) >= 11 is 0. The maximum absolute atomic E-state index is 10.8. The highest BCUT2D eigenvalue weighted by molar-refractivity contribution is 5.66. The van der Waals surface area contributed by atoms with Gasteiger partial charge in [-0.2, -0.15) is 0 Å². The molecule has 0 saturated heterocycles. The molecule has 0 amide bonds. The van der Waals surface area contributed by atoms with E-state index in [2.05, 4.69) is 18.8 Å². The lowest BCUT2D eigenvalue weighted by atomic mass is 9.53. The summed E-state index contributed by atoms with van der Waals surface area (Å²) in [6.07, 6.45) is 9.99. The van der Waals surface area contributed by atoms with E-state index in [0.717, 1.165) is 31.3 Å². The second kappa shape index (κ2) is 11.0. The van der Waals surface area contributed by atoms with Crippen molar-refractivity contribution in [1.29, 1.82) is 0 Å². The highest BCUT2D eigenvalue weighted by atomic mass is 16.5. The van der Waals surface area contributed by atoms with Gasteiger partial charge in [-0.1, -0.05) is 50.5 Å². The minimum atomic E-state index is -0.800. The zero-order chi connectivity index (χ0) is 20.6. The van der Waals surface area contributed by atoms with E-state index in [1.54, 1.807) is 7.11 Å². The fourth-order valence-electron chi connectivity index (χ4n) is 4.67. The van der Waals surface area contributed by atoms with Crippen molar-refractivity contribution in [3.05, 3.63) is 11.6 Å². The number of hydrogen-bond acceptors (Lipinski definition) is 4. The molecule has 3 N–H and O–H groups in total. The number of rotatable bonds is 10. The van der Waals surface area contributed by atoms with E-state index in [1.165, 1.54) is 19.3 Å². The molecular weight excluding hydrogens is 356 g/mol. The van der Waals surface area contributed by atoms with Gasteiger partial charge in [-0.25, -0.2) is 0 Å². The minimum Gasteiger partial charge on any atom is -0.481 e. The average molecular weight is 393 g/mol. The van der Waals surface area contributed by atoms with Gasteiger partial charge in [0.2, 0.25) is 0 Å². The van der Waals surface area contributed by atoms with E-state index in [9.17, 15) is 15.0 Å². The molecule has 0 spiro atoms. The number of aliphatic hydroxyl groups excluding tert-OH is 2. The fraction of sp³-hybridized carbons (Fsp3) is 0.783. The van der Waals surface area contributed by atoms with Crippen LogP contribution in [-0.2, 0) is 9.53 Å². The van der Waals surface area contributed by atoms with Crippen LogP contribution in [0.15, 0.2) is 11.6 Å². The smallest absolute Gasteiger partial charge is 0.303 e. The first-order valence-electron chi connectivity index (χ1n) is 10.8. The molecule has 2 aliphatic carbocycles. The Labute approximate surface area is 169 Å². The number of ether oxygens (including phenoxy) is 1. The molecule has 28 heavy (non-hydrogen) atoms. The normalized spacial score (nSPS) is 31.4. The Balaban J connectivity index is 1.95. The molecule has 2 saturated carbocycles. The molecule has 5 heteroatoms. The number of aliphatic carboxylic acids is 1. The van der Waals surface area contributed by atoms with Crippen molar-refractivity contribution in [3.8, 4) is 11.8 Å². The van der Waals surface area contributed by atoms with Crippen LogP contribution in [0.1, 0.15) is 77.6 Å². The Morgan fingerprint density at radius 2 is 2.11 bits per heavy atom. The number of aliphatic hydroxyl groups is 2. The van der Waals surface area contributed by atoms with Gasteiger partial charge in [-0.3, -0.25) is 4.79 Å². The van der Waals surface area contributed by atoms with Gasteiger partial charge < -0.3 is 20.1 Å². The molecular formula is C23H36O5. The predicted octanol–water partition coefficient (Wildman–Crippen LogP) is 3.68. The number of carboxylic acid groups (broad SMARTS) is 1. The number of carbonyl (C=O) groups is 1. The van der Waals surface area contributed by atoms with Gasteiger partial charge in [0.1, 0.15) is 6.10 Å². The number of allylic oxidation sites excluding steroid dienone is 1. The highest BCUT2D eigenvalue weighted by Crippen LogP contribution is 2.56. The number of unbranched alkanes of at least 4 members (excludes halogenated alkanes) is 4. The molecule has 2 aliphatic rings. The maximum Gasteiger partial charge on any atom is 0.303 e. The van der Waals surface area contributed by atoms with Crippen LogP contribution in [0.5, 0.6) is 0 Å². The van der Waals surface area contributed by atoms with E-state index in [4.69, 9.17) is 9.84 Å². The second-order valence-corrected chi connectivity index (χ2v) is 8.21. The number of hydrogen-bond donors (Lipinski definition) is 3. The van der Waals surface area contributed by atoms with Crippen molar-refractivity contribution in [2.45, 2.75) is 95.4 Å². The number of carboxylic acids is 1. The van der Waals surface area contributed by atoms with E-state index < -0.39 is 23.8 Å². The Kier molecular flexibility index (Phi) is 9.01. The van der Waals surface area contributed by atoms with E-state index in [1.807, 2.05) is 6.08 Å². The van der Waals surface area contributed by atoms with Gasteiger partial charge in [-0.15, -0.1) is 0 Å². The molecule has 0 heterocycles. The molecule has 0 bridgehead atoms. The van der Waals surface area contributed by atoms with Crippen LogP contribution in [0.4, 0.5) is 0 Å². The highest BCUT2D eigenvalue weighted by Gasteiger charge is 2.58. The van der Waals surface area contributed by atoms with Crippen molar-refractivity contribution in [3.63, 3.8) is 0 Å². The van der Waals surface area contributed by atoms with Crippen molar-refractivity contribution in [2.24, 2.45) is 11.8 Å². The van der Waals surface area contributed by atoms with Crippen molar-refractivity contribution < 1.29 is 24.9 Å². The summed E-state index contributed by atoms with van der Waals surface area (Å²) in [6, 6.07) is 0. The summed E-state index contributed by atoms with van der Waals surface area (Å²) in [5.74, 6) is 5.21. The third kappa shape index (κ3) is 5.59. The molecule has 0 aromatic carbocycles. The molecule has 0 aromatic rings. The fourth-order valence-corrected chi connectivity index (χ4v) is 4.67. The first-order valence-corrected chi connectivity index (χ1v) is 10.8. The third-order valence-corrected chi connectivity index (χ3v) is 6.35. The summed E-state index contributed by atoms with van der Waals surface area (Å²) < 4.78 is 5.88. The quantitative estimate of drug-likeness (QED) is 0.300. The first-order chi connectivity index (χ1) is 13.4. The van der Waals surface area contributed by atoms with E-state index in [-0.39, 0.29) is 18.3 Å². The topological polar surface area (TPSA) is 87.0 Å². The molecule has 5 nitrogen and oxygen atoms in total. The molecule has 1 unspecified atom stereocenters. The van der Waals surface area contributed by atoms with E-state index in [0.29, 0.717) is 19.3 Å². The average Bonchev–Trinajstić information content (AvgIpc) is 2.65. The van der Waals surface area contributed by atoms with Crippen molar-refractivity contribution in [1.82, 2.24) is 0 Å². The van der Waals surface area contributed by atoms with Crippen LogP contribution in [0.3, 0.4) is 0 Å². The largest absolute Gasteiger partial charge is 0.481 e. The summed E-state index contributed by atoms with van der Waals surface area (Å²) in [7, 11) is 1.69. The number of methoxy groups -OCH3 is 1. The molecule has 0 aliphatic heterocycles. The Morgan fingerprint density at radius 3 is 2.79 bits per heavy atom. The van der Waals surface area contributed by atoms with Crippen LogP contribution in [0.25, 0.3) is 0 Å². The predicted molar refractivity (Wildman–Crippen MR) is 109 cm³/mol. The molecule has 5 atom stereocenters. The maximum atomic E-state index is 10.8. The van der Waals surface area contributed by atoms with Gasteiger partial charge in [0.15, 0.2) is 0 Å². The molecule has 0 radical (unpaired) electrons. The van der Waals surface area contributed by atoms with Crippen molar-refractivity contribution in [2.75, 3.05) is 7.11 Å². The molecule has 158 valence electrons. The summed E-state index contributed by atoms with van der Waals surface area (Å²) in [5, 5.41) is 29.5. The minimum absolute atomic E-state index is 0.0987. The zero-order valence-electron chi connectivity index (χ0n) is 17.3. The monoisotopic (exact) mass is 392 g/mol. The number of fused-ring (bicyclic) bond motifs is 1. The summed E-state index contributed by atoms with van der Waals surface area (Å²) in [5.41, 5.74) is 0.707. The second-order valence-electron chi connectivity index (χ2n) is 8.21. The van der Waals surface area contributed by atoms with Gasteiger partial charge in [-0.05, 0) is 44.1 Å². The Hall–Kier alpha value is -1.35. The van der Waals surface area contributed by atoms with Gasteiger partial charge in [0, 0.05) is 19.4 Å². The lowest BCUT2D eigenvalue weighted by Gasteiger charge is -2.57. The standard InChI is InChI=1S/C23H36O5/c1-3-4-5-6-7-10-18(24)12-13-19-20-16-17(9-8-11-22(26)27)23(20,28-2)15-14-21(19)25/h9,18-21,24-25H,3-8,10-11,14-16H2,1-2H3,(H,26,27)/t18?,19-,20-,21-,23+/m0/s1. The van der Waals surface area contributed by atoms with Crippen LogP contribution in [-0.4, -0.2) is 46.2 Å². The van der Waals surface area contributed by atoms with Crippen molar-refractivity contribution >= 4 is 5.97 Å². The summed E-state index contributed by atoms with van der Waals surface area (Å²) in [4.78, 5) is 10.8. The van der Waals surface area contributed by atoms with Gasteiger partial charge >= 0.3 is 5.97 Å². The van der Waals surface area contributed by atoms with Gasteiger partial charge in [0.05, 0.1) is 17.6 Å². The Bertz CT molecular complexity index is 602. The molecule has 2 fully saturated rings. The SMILES string of the molecule is CCCCCCCC(O)C#C[C@@H]1[C@@H](O)CC[C@@]2(OC)C(=CCCC(=O)O)C[C@@H]12. The van der Waals surface area contributed by atoms with Crippen LogP contribution in [0.2, 0.25) is 0 Å². The lowest BCUT2D eigenvalue weighted by molar-refractivity contribution is -0.139. The molecule has 2 rings (SSSR count). The first kappa shape index (κ1) is 22.9. The van der Waals surface area contributed by atoms with Crippen LogP contribution >= 0.6 is 0 Å². The Morgan fingerprint density at radius 1 is 1.36 bits per heavy atom. The van der Waals surface area contributed by atoms with Crippen LogP contribution < -0.4 is 0 Å². The van der Waals surface area contributed by atoms with Gasteiger partial charge in [0.25, 0.3) is 0 Å². The zero-order valence-corrected chi connectivity index (χ0v) is 17.3.